The molecule has 2 unspecified atom stereocenters. The summed E-state index contributed by atoms with van der Waals surface area (Å²) in [7, 11) is 3.09. The van der Waals surface area contributed by atoms with E-state index in [2.05, 4.69) is 46.8 Å². The van der Waals surface area contributed by atoms with Gasteiger partial charge in [0.05, 0.1) is 19.8 Å². The molecule has 1 aromatic carbocycles. The van der Waals surface area contributed by atoms with Crippen LogP contribution in [0.5, 0.6) is 0 Å². The van der Waals surface area contributed by atoms with Crippen molar-refractivity contribution in [3.05, 3.63) is 58.5 Å². The SMILES string of the molecule is CN=C(NCc1cc(C(=O)OC)c(C)o1)NCC1CCCOC1c1ccc(C)cc1. The monoisotopic (exact) mass is 413 g/mol. The lowest BCUT2D eigenvalue weighted by Gasteiger charge is -2.32. The Morgan fingerprint density at radius 2 is 2.00 bits per heavy atom. The number of ether oxygens (including phenoxy) is 2. The van der Waals surface area contributed by atoms with Gasteiger partial charge in [-0.2, -0.15) is 0 Å². The molecule has 2 atom stereocenters. The average Bonchev–Trinajstić information content (AvgIpc) is 3.14. The Morgan fingerprint density at radius 1 is 1.23 bits per heavy atom. The van der Waals surface area contributed by atoms with Crippen molar-refractivity contribution in [2.24, 2.45) is 10.9 Å². The van der Waals surface area contributed by atoms with Crippen molar-refractivity contribution in [3.8, 4) is 0 Å². The predicted molar refractivity (Wildman–Crippen MR) is 116 cm³/mol. The van der Waals surface area contributed by atoms with Crippen molar-refractivity contribution in [3.63, 3.8) is 0 Å². The number of carbonyl (C=O) groups excluding carboxylic acids is 1. The van der Waals surface area contributed by atoms with Gasteiger partial charge in [-0.1, -0.05) is 29.8 Å². The summed E-state index contributed by atoms with van der Waals surface area (Å²) in [5.74, 6) is 1.83. The molecule has 1 aliphatic rings. The third-order valence-electron chi connectivity index (χ3n) is 5.41. The zero-order valence-electron chi connectivity index (χ0n) is 18.2. The van der Waals surface area contributed by atoms with Gasteiger partial charge in [-0.25, -0.2) is 4.79 Å². The number of aryl methyl sites for hydroxylation is 2. The molecule has 30 heavy (non-hydrogen) atoms. The fourth-order valence-corrected chi connectivity index (χ4v) is 3.74. The lowest BCUT2D eigenvalue weighted by atomic mass is 9.89. The topological polar surface area (TPSA) is 85.1 Å². The van der Waals surface area contributed by atoms with Gasteiger partial charge < -0.3 is 24.5 Å². The molecule has 0 saturated carbocycles. The van der Waals surface area contributed by atoms with E-state index in [0.717, 1.165) is 26.0 Å². The number of nitrogens with zero attached hydrogens (tertiary/aromatic N) is 1. The van der Waals surface area contributed by atoms with Crippen LogP contribution in [-0.2, 0) is 16.0 Å². The molecule has 1 saturated heterocycles. The molecule has 7 nitrogen and oxygen atoms in total. The quantitative estimate of drug-likeness (QED) is 0.428. The summed E-state index contributed by atoms with van der Waals surface area (Å²) in [6, 6.07) is 10.3. The highest BCUT2D eigenvalue weighted by molar-refractivity contribution is 5.90. The van der Waals surface area contributed by atoms with Gasteiger partial charge in [0, 0.05) is 26.1 Å². The number of hydrogen-bond acceptors (Lipinski definition) is 5. The molecule has 0 bridgehead atoms. The molecule has 2 aromatic rings. The van der Waals surface area contributed by atoms with E-state index in [9.17, 15) is 4.79 Å². The van der Waals surface area contributed by atoms with Crippen molar-refractivity contribution in [1.82, 2.24) is 10.6 Å². The molecule has 0 radical (unpaired) electrons. The van der Waals surface area contributed by atoms with Crippen LogP contribution in [0, 0.1) is 19.8 Å². The minimum absolute atomic E-state index is 0.0836. The molecule has 0 amide bonds. The second-order valence-electron chi connectivity index (χ2n) is 7.59. The Kier molecular flexibility index (Phi) is 7.52. The molecule has 2 N–H and O–H groups in total. The summed E-state index contributed by atoms with van der Waals surface area (Å²) in [6.07, 6.45) is 2.24. The first-order chi connectivity index (χ1) is 14.5. The highest BCUT2D eigenvalue weighted by Gasteiger charge is 2.27. The second kappa shape index (κ2) is 10.3. The van der Waals surface area contributed by atoms with Crippen LogP contribution in [0.1, 0.15) is 52.0 Å². The van der Waals surface area contributed by atoms with Crippen LogP contribution in [0.4, 0.5) is 0 Å². The summed E-state index contributed by atoms with van der Waals surface area (Å²) >= 11 is 0. The molecule has 0 spiro atoms. The highest BCUT2D eigenvalue weighted by Crippen LogP contribution is 2.33. The minimum Gasteiger partial charge on any atom is -0.465 e. The molecule has 0 aliphatic carbocycles. The molecule has 7 heteroatoms. The van der Waals surface area contributed by atoms with E-state index in [4.69, 9.17) is 13.9 Å². The first-order valence-corrected chi connectivity index (χ1v) is 10.3. The van der Waals surface area contributed by atoms with Crippen LogP contribution in [0.2, 0.25) is 0 Å². The summed E-state index contributed by atoms with van der Waals surface area (Å²) in [5.41, 5.74) is 2.91. The number of furan rings is 1. The van der Waals surface area contributed by atoms with Crippen molar-refractivity contribution in [2.75, 3.05) is 27.3 Å². The summed E-state index contributed by atoms with van der Waals surface area (Å²) < 4.78 is 16.5. The highest BCUT2D eigenvalue weighted by atomic mass is 16.5. The molecule has 3 rings (SSSR count). The normalized spacial score (nSPS) is 19.4. The maximum atomic E-state index is 11.7. The summed E-state index contributed by atoms with van der Waals surface area (Å²) in [6.45, 7) is 5.80. The number of nitrogens with one attached hydrogen (secondary N) is 2. The van der Waals surface area contributed by atoms with E-state index < -0.39 is 5.97 Å². The molecular weight excluding hydrogens is 382 g/mol. The van der Waals surface area contributed by atoms with Gasteiger partial charge in [-0.3, -0.25) is 4.99 Å². The molecule has 1 fully saturated rings. The van der Waals surface area contributed by atoms with Gasteiger partial charge >= 0.3 is 5.97 Å². The van der Waals surface area contributed by atoms with Crippen LogP contribution < -0.4 is 10.6 Å². The van der Waals surface area contributed by atoms with Gasteiger partial charge in [-0.05, 0) is 38.3 Å². The summed E-state index contributed by atoms with van der Waals surface area (Å²) in [5, 5.41) is 6.64. The molecule has 162 valence electrons. The standard InChI is InChI=1S/C23H31N3O4/c1-15-7-9-17(10-8-15)21-18(6-5-11-29-21)13-25-23(24-3)26-14-19-12-20(16(2)30-19)22(27)28-4/h7-10,12,18,21H,5-6,11,13-14H2,1-4H3,(H2,24,25,26). The number of esters is 1. The smallest absolute Gasteiger partial charge is 0.341 e. The number of aliphatic imine (C=N–C) groups is 1. The van der Waals surface area contributed by atoms with Gasteiger partial charge in [0.2, 0.25) is 0 Å². The number of guanidine groups is 1. The second-order valence-corrected chi connectivity index (χ2v) is 7.59. The van der Waals surface area contributed by atoms with Crippen molar-refractivity contribution in [2.45, 2.75) is 39.3 Å². The Balaban J connectivity index is 1.56. The van der Waals surface area contributed by atoms with Crippen LogP contribution in [0.15, 0.2) is 39.7 Å². The zero-order valence-corrected chi connectivity index (χ0v) is 18.2. The van der Waals surface area contributed by atoms with E-state index in [1.807, 2.05) is 0 Å². The Bertz CT molecular complexity index is 873. The van der Waals surface area contributed by atoms with E-state index >= 15 is 0 Å². The average molecular weight is 414 g/mol. The van der Waals surface area contributed by atoms with Crippen molar-refractivity contribution >= 4 is 11.9 Å². The zero-order chi connectivity index (χ0) is 21.5. The first-order valence-electron chi connectivity index (χ1n) is 10.3. The van der Waals surface area contributed by atoms with Crippen LogP contribution >= 0.6 is 0 Å². The fourth-order valence-electron chi connectivity index (χ4n) is 3.74. The maximum absolute atomic E-state index is 11.7. The molecule has 1 aliphatic heterocycles. The number of hydrogen-bond donors (Lipinski definition) is 2. The molecule has 2 heterocycles. The number of carbonyl (C=O) groups is 1. The number of benzene rings is 1. The third kappa shape index (κ3) is 5.42. The summed E-state index contributed by atoms with van der Waals surface area (Å²) in [4.78, 5) is 16.0. The van der Waals surface area contributed by atoms with Crippen LogP contribution in [-0.4, -0.2) is 39.2 Å². The largest absolute Gasteiger partial charge is 0.465 e. The van der Waals surface area contributed by atoms with E-state index in [0.29, 0.717) is 35.5 Å². The van der Waals surface area contributed by atoms with E-state index in [1.165, 1.54) is 18.2 Å². The number of methoxy groups -OCH3 is 1. The lowest BCUT2D eigenvalue weighted by Crippen LogP contribution is -2.41. The predicted octanol–water partition coefficient (Wildman–Crippen LogP) is 3.52. The van der Waals surface area contributed by atoms with Gasteiger partial charge in [0.1, 0.15) is 17.1 Å². The lowest BCUT2D eigenvalue weighted by molar-refractivity contribution is -0.0265. The number of rotatable bonds is 6. The van der Waals surface area contributed by atoms with Gasteiger partial charge in [0.15, 0.2) is 5.96 Å². The van der Waals surface area contributed by atoms with Gasteiger partial charge in [0.25, 0.3) is 0 Å². The minimum atomic E-state index is -0.399. The maximum Gasteiger partial charge on any atom is 0.341 e. The first kappa shape index (κ1) is 21.9. The van der Waals surface area contributed by atoms with Crippen LogP contribution in [0.3, 0.4) is 0 Å². The van der Waals surface area contributed by atoms with Crippen molar-refractivity contribution in [1.29, 1.82) is 0 Å². The van der Waals surface area contributed by atoms with E-state index in [-0.39, 0.29) is 6.10 Å². The Hall–Kier alpha value is -2.80. The Morgan fingerprint density at radius 3 is 2.70 bits per heavy atom. The van der Waals surface area contributed by atoms with Crippen LogP contribution in [0.25, 0.3) is 0 Å². The van der Waals surface area contributed by atoms with E-state index in [1.54, 1.807) is 20.0 Å². The van der Waals surface area contributed by atoms with Crippen molar-refractivity contribution < 1.29 is 18.7 Å². The Labute approximate surface area is 177 Å². The third-order valence-corrected chi connectivity index (χ3v) is 5.41. The molecule has 1 aromatic heterocycles. The van der Waals surface area contributed by atoms with Gasteiger partial charge in [-0.15, -0.1) is 0 Å². The fraction of sp³-hybridized carbons (Fsp3) is 0.478. The molecular formula is C23H31N3O4.